The van der Waals surface area contributed by atoms with Crippen molar-refractivity contribution in [2.24, 2.45) is 12.8 Å². The zero-order valence-corrected chi connectivity index (χ0v) is 20.9. The van der Waals surface area contributed by atoms with Crippen molar-refractivity contribution in [2.45, 2.75) is 46.6 Å². The minimum Gasteiger partial charge on any atom is -0.366 e. The molecular formula is C28H30F2N4O2. The van der Waals surface area contributed by atoms with Crippen molar-refractivity contribution in [1.29, 1.82) is 0 Å². The molecule has 0 aliphatic rings. The third-order valence-corrected chi connectivity index (χ3v) is 6.77. The lowest BCUT2D eigenvalue weighted by Gasteiger charge is -2.13. The first kappa shape index (κ1) is 25.2. The highest BCUT2D eigenvalue weighted by molar-refractivity contribution is 6.02. The SMILES string of the molecule is CCCCc1c(-c2c(C)n(C)n(-c3ccccc3)c2=O)c(C(N)=O)c(C)n1Cc1ccc(F)c(F)c1. The van der Waals surface area contributed by atoms with Gasteiger partial charge in [0, 0.05) is 36.2 Å². The van der Waals surface area contributed by atoms with Gasteiger partial charge in [-0.3, -0.25) is 14.3 Å². The smallest absolute Gasteiger partial charge is 0.279 e. The van der Waals surface area contributed by atoms with Gasteiger partial charge in [-0.05, 0) is 56.5 Å². The minimum absolute atomic E-state index is 0.209. The van der Waals surface area contributed by atoms with Crippen molar-refractivity contribution < 1.29 is 13.6 Å². The van der Waals surface area contributed by atoms with Crippen LogP contribution in [0.25, 0.3) is 16.8 Å². The molecular weight excluding hydrogens is 462 g/mol. The van der Waals surface area contributed by atoms with Crippen molar-refractivity contribution in [3.63, 3.8) is 0 Å². The number of hydrogen-bond acceptors (Lipinski definition) is 2. The standard InChI is InChI=1S/C28H30F2N4O2/c1-5-6-12-23-26(25-17(2)32(4)34(28(25)36)20-10-8-7-9-11-20)24(27(31)35)18(3)33(23)16-19-13-14-21(29)22(30)15-19/h7-11,13-15H,5-6,12,16H2,1-4H3,(H2,31,35). The predicted molar refractivity (Wildman–Crippen MR) is 136 cm³/mol. The molecule has 0 aliphatic carbocycles. The van der Waals surface area contributed by atoms with Crippen LogP contribution in [0.5, 0.6) is 0 Å². The van der Waals surface area contributed by atoms with Gasteiger partial charge in [0.15, 0.2) is 11.6 Å². The van der Waals surface area contributed by atoms with Gasteiger partial charge in [-0.15, -0.1) is 0 Å². The highest BCUT2D eigenvalue weighted by Gasteiger charge is 2.30. The Morgan fingerprint density at radius 3 is 2.28 bits per heavy atom. The summed E-state index contributed by atoms with van der Waals surface area (Å²) in [5.74, 6) is -2.50. The van der Waals surface area contributed by atoms with E-state index in [1.54, 1.807) is 23.3 Å². The summed E-state index contributed by atoms with van der Waals surface area (Å²) in [7, 11) is 1.80. The van der Waals surface area contributed by atoms with Crippen LogP contribution in [0.3, 0.4) is 0 Å². The number of carbonyl (C=O) groups is 1. The Bertz CT molecular complexity index is 1500. The summed E-state index contributed by atoms with van der Waals surface area (Å²) in [6.07, 6.45) is 2.29. The summed E-state index contributed by atoms with van der Waals surface area (Å²) in [5.41, 5.74) is 10.1. The zero-order valence-electron chi connectivity index (χ0n) is 20.9. The first-order valence-corrected chi connectivity index (χ1v) is 12.0. The maximum Gasteiger partial charge on any atom is 0.279 e. The fourth-order valence-electron chi connectivity index (χ4n) is 4.86. The molecule has 2 N–H and O–H groups in total. The molecule has 6 nitrogen and oxygen atoms in total. The Hall–Kier alpha value is -3.94. The van der Waals surface area contributed by atoms with Crippen LogP contribution in [0, 0.1) is 25.5 Å². The number of rotatable bonds is 8. The van der Waals surface area contributed by atoms with Gasteiger partial charge in [0.25, 0.3) is 11.5 Å². The van der Waals surface area contributed by atoms with E-state index in [1.165, 1.54) is 6.07 Å². The van der Waals surface area contributed by atoms with Crippen LogP contribution < -0.4 is 11.3 Å². The fraction of sp³-hybridized carbons (Fsp3) is 0.286. The van der Waals surface area contributed by atoms with Crippen LogP contribution in [0.2, 0.25) is 0 Å². The summed E-state index contributed by atoms with van der Waals surface area (Å²) >= 11 is 0. The van der Waals surface area contributed by atoms with Gasteiger partial charge in [0.05, 0.1) is 16.8 Å². The van der Waals surface area contributed by atoms with Gasteiger partial charge in [0.1, 0.15) is 0 Å². The van der Waals surface area contributed by atoms with E-state index in [0.29, 0.717) is 40.2 Å². The molecule has 0 saturated carbocycles. The van der Waals surface area contributed by atoms with E-state index < -0.39 is 17.5 Å². The number of unbranched alkanes of at least 4 members (excludes halogenated alkanes) is 1. The van der Waals surface area contributed by atoms with Crippen molar-refractivity contribution >= 4 is 5.91 Å². The maximum atomic E-state index is 14.0. The molecule has 0 fully saturated rings. The molecule has 4 rings (SSSR count). The Morgan fingerprint density at radius 1 is 0.972 bits per heavy atom. The first-order valence-electron chi connectivity index (χ1n) is 12.0. The Kier molecular flexibility index (Phi) is 6.97. The van der Waals surface area contributed by atoms with Gasteiger partial charge in [-0.1, -0.05) is 37.6 Å². The van der Waals surface area contributed by atoms with Crippen LogP contribution in [0.1, 0.15) is 52.8 Å². The average Bonchev–Trinajstić information content (AvgIpc) is 3.23. The molecule has 0 atom stereocenters. The molecule has 0 unspecified atom stereocenters. The monoisotopic (exact) mass is 492 g/mol. The number of nitrogens with two attached hydrogens (primary N) is 1. The number of benzene rings is 2. The summed E-state index contributed by atoms with van der Waals surface area (Å²) in [6.45, 7) is 5.88. The molecule has 0 radical (unpaired) electrons. The predicted octanol–water partition coefficient (Wildman–Crippen LogP) is 5.03. The van der Waals surface area contributed by atoms with Crippen LogP contribution in [-0.4, -0.2) is 19.8 Å². The van der Waals surface area contributed by atoms with Gasteiger partial charge in [-0.2, -0.15) is 0 Å². The van der Waals surface area contributed by atoms with E-state index in [0.717, 1.165) is 30.7 Å². The van der Waals surface area contributed by atoms with E-state index in [2.05, 4.69) is 6.92 Å². The van der Waals surface area contributed by atoms with Gasteiger partial charge >= 0.3 is 0 Å². The number of carbonyl (C=O) groups excluding carboxylic acids is 1. The van der Waals surface area contributed by atoms with Crippen LogP contribution in [0.4, 0.5) is 8.78 Å². The molecule has 2 aromatic carbocycles. The number of nitrogens with zero attached hydrogens (tertiary/aromatic N) is 3. The molecule has 188 valence electrons. The molecule has 4 aromatic rings. The number of amides is 1. The highest BCUT2D eigenvalue weighted by atomic mass is 19.2. The average molecular weight is 493 g/mol. The van der Waals surface area contributed by atoms with Crippen molar-refractivity contribution in [3.8, 4) is 16.8 Å². The van der Waals surface area contributed by atoms with Gasteiger partial charge in [-0.25, -0.2) is 13.5 Å². The summed E-state index contributed by atoms with van der Waals surface area (Å²) in [4.78, 5) is 26.6. The molecule has 8 heteroatoms. The fourth-order valence-corrected chi connectivity index (χ4v) is 4.86. The van der Waals surface area contributed by atoms with Crippen molar-refractivity contribution in [2.75, 3.05) is 0 Å². The number of halogens is 2. The van der Waals surface area contributed by atoms with E-state index >= 15 is 0 Å². The third-order valence-electron chi connectivity index (χ3n) is 6.77. The molecule has 0 saturated heterocycles. The lowest BCUT2D eigenvalue weighted by molar-refractivity contribution is 0.1000. The van der Waals surface area contributed by atoms with Crippen LogP contribution in [0.15, 0.2) is 53.3 Å². The van der Waals surface area contributed by atoms with E-state index in [4.69, 9.17) is 5.73 Å². The quantitative estimate of drug-likeness (QED) is 0.375. The Morgan fingerprint density at radius 2 is 1.67 bits per heavy atom. The second kappa shape index (κ2) is 9.97. The summed E-state index contributed by atoms with van der Waals surface area (Å²) in [5, 5.41) is 0. The van der Waals surface area contributed by atoms with Gasteiger partial charge in [0.2, 0.25) is 0 Å². The second-order valence-corrected chi connectivity index (χ2v) is 9.02. The molecule has 0 aliphatic heterocycles. The minimum atomic E-state index is -0.938. The van der Waals surface area contributed by atoms with Crippen LogP contribution >= 0.6 is 0 Å². The van der Waals surface area contributed by atoms with Crippen molar-refractivity contribution in [3.05, 3.63) is 98.7 Å². The number of para-hydroxylation sites is 1. The molecule has 36 heavy (non-hydrogen) atoms. The molecule has 0 bridgehead atoms. The largest absolute Gasteiger partial charge is 0.366 e. The van der Waals surface area contributed by atoms with E-state index in [-0.39, 0.29) is 17.7 Å². The Labute approximate surface area is 208 Å². The normalized spacial score (nSPS) is 11.3. The number of aromatic nitrogens is 3. The second-order valence-electron chi connectivity index (χ2n) is 9.02. The van der Waals surface area contributed by atoms with Gasteiger partial charge < -0.3 is 10.3 Å². The topological polar surface area (TPSA) is 75.0 Å². The van der Waals surface area contributed by atoms with E-state index in [9.17, 15) is 18.4 Å². The van der Waals surface area contributed by atoms with Crippen molar-refractivity contribution in [1.82, 2.24) is 13.9 Å². The molecule has 1 amide bonds. The molecule has 2 heterocycles. The first-order chi connectivity index (χ1) is 17.2. The van der Waals surface area contributed by atoms with Crippen LogP contribution in [-0.2, 0) is 20.0 Å². The molecule has 2 aromatic heterocycles. The maximum absolute atomic E-state index is 14.0. The highest BCUT2D eigenvalue weighted by Crippen LogP contribution is 2.35. The lowest BCUT2D eigenvalue weighted by atomic mass is 9.98. The Balaban J connectivity index is 2.01. The van der Waals surface area contributed by atoms with E-state index in [1.807, 2.05) is 41.8 Å². The molecule has 0 spiro atoms. The summed E-state index contributed by atoms with van der Waals surface area (Å²) in [6, 6.07) is 13.0. The summed E-state index contributed by atoms with van der Waals surface area (Å²) < 4.78 is 32.8. The number of primary amides is 1. The number of hydrogen-bond donors (Lipinski definition) is 1. The zero-order chi connectivity index (χ0) is 26.1. The lowest BCUT2D eigenvalue weighted by Crippen LogP contribution is -2.21. The third kappa shape index (κ3) is 4.27.